The van der Waals surface area contributed by atoms with Crippen molar-refractivity contribution in [3.8, 4) is 0 Å². The molecule has 0 saturated heterocycles. The van der Waals surface area contributed by atoms with E-state index in [4.69, 9.17) is 9.47 Å². The van der Waals surface area contributed by atoms with E-state index >= 15 is 0 Å². The van der Waals surface area contributed by atoms with Crippen molar-refractivity contribution < 1.29 is 9.47 Å². The summed E-state index contributed by atoms with van der Waals surface area (Å²) in [5.74, 6) is 0. The molecule has 0 unspecified atom stereocenters. The molecule has 0 spiro atoms. The summed E-state index contributed by atoms with van der Waals surface area (Å²) in [6, 6.07) is 6.07. The average Bonchev–Trinajstić information content (AvgIpc) is 2.34. The Balaban J connectivity index is 2.62. The monoisotopic (exact) mass is 296 g/mol. The summed E-state index contributed by atoms with van der Waals surface area (Å²) in [5, 5.41) is 0. The molecule has 1 rings (SSSR count). The fraction of sp³-hybridized carbons (Fsp3) is 0.286. The van der Waals surface area contributed by atoms with Crippen molar-refractivity contribution >= 4 is 15.9 Å². The van der Waals surface area contributed by atoms with E-state index in [1.54, 1.807) is 12.2 Å². The molecule has 92 valence electrons. The third-order valence-electron chi connectivity index (χ3n) is 2.15. The van der Waals surface area contributed by atoms with Crippen molar-refractivity contribution in [1.29, 1.82) is 0 Å². The molecule has 0 N–H and O–H groups in total. The maximum absolute atomic E-state index is 5.43. The Bertz CT molecular complexity index is 342. The topological polar surface area (TPSA) is 18.5 Å². The smallest absolute Gasteiger partial charge is 0.0732 e. The maximum Gasteiger partial charge on any atom is 0.0732 e. The highest BCUT2D eigenvalue weighted by Gasteiger charge is 2.05. The first-order chi connectivity index (χ1) is 8.29. The molecule has 0 amide bonds. The number of ether oxygens (including phenoxy) is 2. The van der Waals surface area contributed by atoms with Crippen LogP contribution in [0.15, 0.2) is 48.0 Å². The predicted octanol–water partition coefficient (Wildman–Crippen LogP) is 3.85. The SMILES string of the molecule is C=CCOCc1cccc(COCC=C)c1Br. The van der Waals surface area contributed by atoms with Crippen molar-refractivity contribution in [3.05, 3.63) is 59.1 Å². The molecule has 0 bridgehead atoms. The van der Waals surface area contributed by atoms with Crippen LogP contribution < -0.4 is 0 Å². The molecule has 2 nitrogen and oxygen atoms in total. The third-order valence-corrected chi connectivity index (χ3v) is 3.16. The first-order valence-electron chi connectivity index (χ1n) is 5.43. The van der Waals surface area contributed by atoms with Crippen LogP contribution >= 0.6 is 15.9 Å². The van der Waals surface area contributed by atoms with Gasteiger partial charge < -0.3 is 9.47 Å². The Labute approximate surface area is 111 Å². The molecular weight excluding hydrogens is 280 g/mol. The summed E-state index contributed by atoms with van der Waals surface area (Å²) < 4.78 is 11.9. The number of benzene rings is 1. The van der Waals surface area contributed by atoms with Gasteiger partial charge in [-0.15, -0.1) is 13.2 Å². The Hall–Kier alpha value is -0.900. The average molecular weight is 297 g/mol. The zero-order valence-corrected chi connectivity index (χ0v) is 11.4. The molecule has 0 saturated carbocycles. The number of halogens is 1. The van der Waals surface area contributed by atoms with Crippen molar-refractivity contribution in [3.63, 3.8) is 0 Å². The van der Waals surface area contributed by atoms with Crippen LogP contribution in [0.5, 0.6) is 0 Å². The second-order valence-corrected chi connectivity index (χ2v) is 4.29. The Morgan fingerprint density at radius 2 is 1.47 bits per heavy atom. The lowest BCUT2D eigenvalue weighted by Crippen LogP contribution is -1.99. The molecule has 0 aliphatic heterocycles. The molecule has 3 heteroatoms. The van der Waals surface area contributed by atoms with Crippen molar-refractivity contribution in [2.45, 2.75) is 13.2 Å². The van der Waals surface area contributed by atoms with Crippen LogP contribution in [0.2, 0.25) is 0 Å². The van der Waals surface area contributed by atoms with Gasteiger partial charge in [-0.2, -0.15) is 0 Å². The standard InChI is InChI=1S/C14H17BrO2/c1-3-8-16-10-12-6-5-7-13(14(12)15)11-17-9-4-2/h3-7H,1-2,8-11H2. The Morgan fingerprint density at radius 3 is 1.88 bits per heavy atom. The summed E-state index contributed by atoms with van der Waals surface area (Å²) in [4.78, 5) is 0. The number of hydrogen-bond donors (Lipinski definition) is 0. The van der Waals surface area contributed by atoms with E-state index in [1.165, 1.54) is 0 Å². The second-order valence-electron chi connectivity index (χ2n) is 3.50. The highest BCUT2D eigenvalue weighted by Crippen LogP contribution is 2.23. The summed E-state index contributed by atoms with van der Waals surface area (Å²) in [7, 11) is 0. The molecule has 1 aromatic carbocycles. The fourth-order valence-corrected chi connectivity index (χ4v) is 1.85. The summed E-state index contributed by atoms with van der Waals surface area (Å²) >= 11 is 3.57. The largest absolute Gasteiger partial charge is 0.373 e. The minimum Gasteiger partial charge on any atom is -0.373 e. The van der Waals surface area contributed by atoms with Crippen molar-refractivity contribution in [2.75, 3.05) is 13.2 Å². The Morgan fingerprint density at radius 1 is 1.00 bits per heavy atom. The minimum atomic E-state index is 0.559. The molecule has 0 fully saturated rings. The summed E-state index contributed by atoms with van der Waals surface area (Å²) in [5.41, 5.74) is 2.23. The minimum absolute atomic E-state index is 0.559. The predicted molar refractivity (Wildman–Crippen MR) is 73.8 cm³/mol. The fourth-order valence-electron chi connectivity index (χ4n) is 1.36. The summed E-state index contributed by atoms with van der Waals surface area (Å²) in [6.45, 7) is 9.49. The molecule has 1 aromatic rings. The molecule has 0 aliphatic carbocycles. The van der Waals surface area contributed by atoms with Gasteiger partial charge in [-0.3, -0.25) is 0 Å². The first-order valence-corrected chi connectivity index (χ1v) is 6.22. The van der Waals surface area contributed by atoms with E-state index in [-0.39, 0.29) is 0 Å². The quantitative estimate of drug-likeness (QED) is 0.536. The van der Waals surface area contributed by atoms with E-state index in [9.17, 15) is 0 Å². The van der Waals surface area contributed by atoms with Gasteiger partial charge >= 0.3 is 0 Å². The van der Waals surface area contributed by atoms with E-state index in [2.05, 4.69) is 29.1 Å². The van der Waals surface area contributed by atoms with E-state index in [0.717, 1.165) is 15.6 Å². The highest BCUT2D eigenvalue weighted by atomic mass is 79.9. The van der Waals surface area contributed by atoms with Crippen LogP contribution in [-0.4, -0.2) is 13.2 Å². The molecular formula is C14H17BrO2. The Kier molecular flexibility index (Phi) is 6.86. The van der Waals surface area contributed by atoms with Gasteiger partial charge in [0.1, 0.15) is 0 Å². The van der Waals surface area contributed by atoms with Crippen LogP contribution in [0.3, 0.4) is 0 Å². The third kappa shape index (κ3) is 4.86. The molecule has 0 aliphatic rings. The van der Waals surface area contributed by atoms with Gasteiger partial charge in [0.25, 0.3) is 0 Å². The first kappa shape index (κ1) is 14.2. The van der Waals surface area contributed by atoms with Gasteiger partial charge in [-0.05, 0) is 11.1 Å². The summed E-state index contributed by atoms with van der Waals surface area (Å²) in [6.07, 6.45) is 3.48. The van der Waals surface area contributed by atoms with Gasteiger partial charge in [0.2, 0.25) is 0 Å². The van der Waals surface area contributed by atoms with E-state index < -0.39 is 0 Å². The van der Waals surface area contributed by atoms with Gasteiger partial charge in [0, 0.05) is 4.47 Å². The number of rotatable bonds is 8. The normalized spacial score (nSPS) is 10.2. The maximum atomic E-state index is 5.43. The molecule has 0 atom stereocenters. The van der Waals surface area contributed by atoms with Gasteiger partial charge in [0.15, 0.2) is 0 Å². The molecule has 0 aromatic heterocycles. The van der Waals surface area contributed by atoms with E-state index in [1.807, 2.05) is 18.2 Å². The molecule has 0 heterocycles. The number of hydrogen-bond acceptors (Lipinski definition) is 2. The highest BCUT2D eigenvalue weighted by molar-refractivity contribution is 9.10. The zero-order chi connectivity index (χ0) is 12.5. The lowest BCUT2D eigenvalue weighted by atomic mass is 10.1. The molecule has 17 heavy (non-hydrogen) atoms. The lowest BCUT2D eigenvalue weighted by molar-refractivity contribution is 0.143. The van der Waals surface area contributed by atoms with Crippen molar-refractivity contribution in [2.24, 2.45) is 0 Å². The van der Waals surface area contributed by atoms with Crippen LogP contribution in [0.1, 0.15) is 11.1 Å². The van der Waals surface area contributed by atoms with Gasteiger partial charge in [-0.25, -0.2) is 0 Å². The van der Waals surface area contributed by atoms with Gasteiger partial charge in [-0.1, -0.05) is 46.3 Å². The van der Waals surface area contributed by atoms with Crippen LogP contribution in [0, 0.1) is 0 Å². The van der Waals surface area contributed by atoms with E-state index in [0.29, 0.717) is 26.4 Å². The van der Waals surface area contributed by atoms with Crippen LogP contribution in [0.25, 0.3) is 0 Å². The van der Waals surface area contributed by atoms with Crippen LogP contribution in [-0.2, 0) is 22.7 Å². The second kappa shape index (κ2) is 8.23. The lowest BCUT2D eigenvalue weighted by Gasteiger charge is -2.10. The van der Waals surface area contributed by atoms with Gasteiger partial charge in [0.05, 0.1) is 26.4 Å². The van der Waals surface area contributed by atoms with Crippen LogP contribution in [0.4, 0.5) is 0 Å². The zero-order valence-electron chi connectivity index (χ0n) is 9.82. The molecule has 0 radical (unpaired) electrons. The van der Waals surface area contributed by atoms with Crippen molar-refractivity contribution in [1.82, 2.24) is 0 Å².